The van der Waals surface area contributed by atoms with E-state index in [2.05, 4.69) is 95.2 Å². The average Bonchev–Trinajstić information content (AvgIpc) is 4.15. The van der Waals surface area contributed by atoms with E-state index in [1.807, 2.05) is 35.6 Å². The zero-order valence-corrected chi connectivity index (χ0v) is 48.0. The Balaban J connectivity index is 1.24. The lowest BCUT2D eigenvalue weighted by atomic mass is 9.64. The van der Waals surface area contributed by atoms with Gasteiger partial charge < -0.3 is 0 Å². The van der Waals surface area contributed by atoms with Gasteiger partial charge in [-0.15, -0.1) is 45.3 Å². The third-order valence-corrected chi connectivity index (χ3v) is 20.2. The van der Waals surface area contributed by atoms with Crippen molar-refractivity contribution in [3.8, 4) is 40.4 Å². The van der Waals surface area contributed by atoms with E-state index >= 15 is 13.6 Å². The Hall–Kier alpha value is -3.05. The van der Waals surface area contributed by atoms with Gasteiger partial charge in [0.15, 0.2) is 17.4 Å². The van der Waals surface area contributed by atoms with Crippen LogP contribution in [0.25, 0.3) is 51.4 Å². The molecule has 1 aromatic carbocycles. The zero-order valence-electron chi connectivity index (χ0n) is 44.7. The van der Waals surface area contributed by atoms with E-state index in [-0.39, 0.29) is 22.3 Å². The number of hydrogen-bond donors (Lipinski definition) is 0. The van der Waals surface area contributed by atoms with E-state index in [1.54, 1.807) is 16.1 Å². The van der Waals surface area contributed by atoms with Gasteiger partial charge in [0.2, 0.25) is 0 Å². The summed E-state index contributed by atoms with van der Waals surface area (Å²) in [6.45, 7) is 27.7. The molecule has 0 saturated carbocycles. The number of Topliss-reactive ketones (excluding diaryl/α,β-unsaturated/α-hetero) is 1. The smallest absolute Gasteiger partial charge is 0.174 e. The summed E-state index contributed by atoms with van der Waals surface area (Å²) in [7, 11) is 0. The van der Waals surface area contributed by atoms with Crippen molar-refractivity contribution in [1.29, 1.82) is 0 Å². The van der Waals surface area contributed by atoms with E-state index in [1.165, 1.54) is 109 Å². The summed E-state index contributed by atoms with van der Waals surface area (Å²) < 4.78 is 34.0. The van der Waals surface area contributed by atoms with E-state index in [4.69, 9.17) is 10.2 Å². The highest BCUT2D eigenvalue weighted by molar-refractivity contribution is 7.27. The first-order valence-corrected chi connectivity index (χ1v) is 30.3. The summed E-state index contributed by atoms with van der Waals surface area (Å²) >= 11 is 6.44. The van der Waals surface area contributed by atoms with Gasteiger partial charge >= 0.3 is 0 Å². The van der Waals surface area contributed by atoms with Crippen molar-refractivity contribution in [2.24, 2.45) is 29.6 Å². The first kappa shape index (κ1) is 54.7. The van der Waals surface area contributed by atoms with Crippen molar-refractivity contribution in [1.82, 2.24) is 15.0 Å². The number of nitrogens with zero attached hydrogens (tertiary/aromatic N) is 3. The fourth-order valence-electron chi connectivity index (χ4n) is 10.7. The molecule has 7 rings (SSSR count). The number of aromatic nitrogens is 3. The maximum Gasteiger partial charge on any atom is 0.174 e. The monoisotopic (exact) mass is 1030 g/mol. The topological polar surface area (TPSA) is 47.8 Å². The molecule has 70 heavy (non-hydrogen) atoms. The quantitative estimate of drug-likeness (QED) is 0.0509. The molecule has 3 atom stereocenters. The SMILES string of the molecule is CCCCCCCCC(C)Cn1nc2c(-c3ccc(-c4cc5c(s4)-c4sc(C)cc4C(CCC(C)CCCC(C)C)(CCC(C)CCCC(C)C)C5=O)s3)c(F)c(F)c(-c3ccc(C(C)(C)C)s3)c2n1. The Morgan fingerprint density at radius 2 is 1.14 bits per heavy atom. The van der Waals surface area contributed by atoms with Crippen molar-refractivity contribution >= 4 is 62.2 Å². The van der Waals surface area contributed by atoms with Gasteiger partial charge in [-0.1, -0.05) is 153 Å². The summed E-state index contributed by atoms with van der Waals surface area (Å²) in [4.78, 5) is 25.1. The zero-order chi connectivity index (χ0) is 50.5. The van der Waals surface area contributed by atoms with E-state index in [0.29, 0.717) is 56.9 Å². The number of carbonyl (C=O) groups is 1. The molecular weight excluding hydrogens is 945 g/mol. The lowest BCUT2D eigenvalue weighted by Gasteiger charge is -2.38. The molecule has 3 unspecified atom stereocenters. The maximum absolute atomic E-state index is 17.1. The molecule has 0 aliphatic heterocycles. The van der Waals surface area contributed by atoms with Crippen molar-refractivity contribution < 1.29 is 13.6 Å². The molecule has 0 bridgehead atoms. The molecule has 0 amide bonds. The van der Waals surface area contributed by atoms with Crippen LogP contribution in [0.2, 0.25) is 0 Å². The van der Waals surface area contributed by atoms with Crippen LogP contribution in [0.15, 0.2) is 36.4 Å². The second-order valence-corrected chi connectivity index (χ2v) is 27.8. The fourth-order valence-corrected chi connectivity index (χ4v) is 15.3. The summed E-state index contributed by atoms with van der Waals surface area (Å²) in [6.07, 6.45) is 19.6. The van der Waals surface area contributed by atoms with Crippen molar-refractivity contribution in [2.75, 3.05) is 0 Å². The Kier molecular flexibility index (Phi) is 18.7. The van der Waals surface area contributed by atoms with Gasteiger partial charge in [-0.2, -0.15) is 15.0 Å². The van der Waals surface area contributed by atoms with Crippen LogP contribution in [0, 0.1) is 48.1 Å². The van der Waals surface area contributed by atoms with Gasteiger partial charge in [0.05, 0.1) is 28.0 Å². The molecule has 1 aliphatic carbocycles. The predicted molar refractivity (Wildman–Crippen MR) is 301 cm³/mol. The molecule has 0 N–H and O–H groups in total. The van der Waals surface area contributed by atoms with E-state index in [9.17, 15) is 0 Å². The molecule has 0 saturated heterocycles. The van der Waals surface area contributed by atoms with Gasteiger partial charge in [0, 0.05) is 39.7 Å². The third kappa shape index (κ3) is 12.6. The van der Waals surface area contributed by atoms with Gasteiger partial charge in [-0.25, -0.2) is 8.78 Å². The molecule has 5 aromatic heterocycles. The van der Waals surface area contributed by atoms with Crippen molar-refractivity contribution in [3.05, 3.63) is 68.9 Å². The molecule has 382 valence electrons. The maximum atomic E-state index is 17.1. The minimum absolute atomic E-state index is 0.137. The standard InChI is InChI=1S/C60H83F2N3OS4/c1-13-14-15-16-17-18-23-41(8)36-65-63-54-50(52(61)53(62)51(55(54)64-65)47-28-29-49(69-47)59(10,11)12)46-27-26-45(68-46)48-35-43-56(70-48)57-44(34-42(9)67-57)60(58(43)66,32-30-39(6)24-19-21-37(2)3)33-31-40(7)25-20-22-38(4)5/h26-29,34-35,37-41H,13-25,30-33,36H2,1-12H3. The number of hydrogen-bond acceptors (Lipinski definition) is 7. The molecule has 1 aliphatic rings. The van der Waals surface area contributed by atoms with Crippen LogP contribution in [0.1, 0.15) is 211 Å². The lowest BCUT2D eigenvalue weighted by Crippen LogP contribution is -2.39. The number of halogens is 2. The van der Waals surface area contributed by atoms with Crippen molar-refractivity contribution in [2.45, 2.75) is 210 Å². The molecule has 0 spiro atoms. The molecule has 6 aromatic rings. The van der Waals surface area contributed by atoms with E-state index in [0.717, 1.165) is 63.6 Å². The van der Waals surface area contributed by atoms with Crippen LogP contribution in [0.5, 0.6) is 0 Å². The fraction of sp³-hybridized carbons (Fsp3) is 0.617. The summed E-state index contributed by atoms with van der Waals surface area (Å²) in [5.41, 5.74) is 2.50. The number of fused-ring (bicyclic) bond motifs is 4. The summed E-state index contributed by atoms with van der Waals surface area (Å²) in [5, 5.41) is 9.99. The van der Waals surface area contributed by atoms with Gasteiger partial charge in [-0.05, 0) is 116 Å². The molecule has 0 fully saturated rings. The Labute approximate surface area is 436 Å². The highest BCUT2D eigenvalue weighted by Gasteiger charge is 2.48. The summed E-state index contributed by atoms with van der Waals surface area (Å²) in [5.74, 6) is 1.30. The molecule has 0 radical (unpaired) electrons. The van der Waals surface area contributed by atoms with Gasteiger partial charge in [0.1, 0.15) is 11.0 Å². The van der Waals surface area contributed by atoms with Crippen LogP contribution in [-0.4, -0.2) is 20.8 Å². The largest absolute Gasteiger partial charge is 0.293 e. The molecule has 4 nitrogen and oxygen atoms in total. The number of aryl methyl sites for hydroxylation is 1. The van der Waals surface area contributed by atoms with Crippen LogP contribution in [0.3, 0.4) is 0 Å². The first-order chi connectivity index (χ1) is 33.3. The minimum atomic E-state index is -0.894. The van der Waals surface area contributed by atoms with Crippen LogP contribution in [0.4, 0.5) is 8.78 Å². The second-order valence-electron chi connectivity index (χ2n) is 23.4. The number of thiophene rings is 4. The highest BCUT2D eigenvalue weighted by Crippen LogP contribution is 2.56. The van der Waals surface area contributed by atoms with E-state index < -0.39 is 17.0 Å². The second kappa shape index (κ2) is 23.9. The van der Waals surface area contributed by atoms with Gasteiger partial charge in [-0.3, -0.25) is 4.79 Å². The number of rotatable bonds is 26. The number of ketones is 1. The van der Waals surface area contributed by atoms with Gasteiger partial charge in [0.25, 0.3) is 0 Å². The minimum Gasteiger partial charge on any atom is -0.293 e. The summed E-state index contributed by atoms with van der Waals surface area (Å²) in [6, 6.07) is 12.3. The normalized spacial score (nSPS) is 16.5. The number of benzene rings is 1. The Morgan fingerprint density at radius 3 is 1.71 bits per heavy atom. The molecule has 5 heterocycles. The van der Waals surface area contributed by atoms with Crippen LogP contribution >= 0.6 is 45.3 Å². The lowest BCUT2D eigenvalue weighted by molar-refractivity contribution is 0.0846. The molecule has 10 heteroatoms. The Bertz CT molecular complexity index is 2640. The third-order valence-electron chi connectivity index (χ3n) is 15.0. The van der Waals surface area contributed by atoms with Crippen molar-refractivity contribution in [3.63, 3.8) is 0 Å². The number of unbranched alkanes of at least 4 members (excludes halogenated alkanes) is 5. The average molecular weight is 1030 g/mol. The first-order valence-electron chi connectivity index (χ1n) is 27.1. The highest BCUT2D eigenvalue weighted by atomic mass is 32.1. The van der Waals surface area contributed by atoms with Crippen LogP contribution in [-0.2, 0) is 17.4 Å². The molecular formula is C60H83F2N3OS4. The van der Waals surface area contributed by atoms with Crippen LogP contribution < -0.4 is 0 Å². The number of carbonyl (C=O) groups excluding carboxylic acids is 1. The predicted octanol–water partition coefficient (Wildman–Crippen LogP) is 20.5. The Morgan fingerprint density at radius 1 is 0.600 bits per heavy atom.